The van der Waals surface area contributed by atoms with E-state index in [1.165, 1.54) is 6.42 Å². The Balaban J connectivity index is 2.10. The Morgan fingerprint density at radius 3 is 2.72 bits per heavy atom. The number of aromatic carboxylic acids is 1. The lowest BCUT2D eigenvalue weighted by atomic mass is 9.93. The van der Waals surface area contributed by atoms with Crippen LogP contribution in [0.5, 0.6) is 0 Å². The minimum Gasteiger partial charge on any atom is -0.475 e. The molecule has 1 aromatic carbocycles. The first kappa shape index (κ1) is 11.0. The van der Waals surface area contributed by atoms with Crippen LogP contribution in [0.3, 0.4) is 0 Å². The van der Waals surface area contributed by atoms with Crippen molar-refractivity contribution in [2.24, 2.45) is 0 Å². The van der Waals surface area contributed by atoms with Gasteiger partial charge in [0.05, 0.1) is 5.52 Å². The molecule has 0 saturated heterocycles. The van der Waals surface area contributed by atoms with E-state index in [-0.39, 0.29) is 5.82 Å². The quantitative estimate of drug-likeness (QED) is 0.865. The second-order valence-corrected chi connectivity index (χ2v) is 4.49. The van der Waals surface area contributed by atoms with Gasteiger partial charge in [0.25, 0.3) is 0 Å². The third-order valence-electron chi connectivity index (χ3n) is 3.24. The van der Waals surface area contributed by atoms with E-state index in [1.807, 2.05) is 18.2 Å². The van der Waals surface area contributed by atoms with Gasteiger partial charge in [-0.3, -0.25) is 0 Å². The second kappa shape index (κ2) is 4.25. The first-order chi connectivity index (χ1) is 8.74. The number of aromatic nitrogens is 2. The Labute approximate surface area is 104 Å². The number of benzene rings is 1. The van der Waals surface area contributed by atoms with Crippen LogP contribution in [0.15, 0.2) is 24.3 Å². The maximum atomic E-state index is 11.0. The summed E-state index contributed by atoms with van der Waals surface area (Å²) in [6.45, 7) is 0. The maximum Gasteiger partial charge on any atom is 0.374 e. The van der Waals surface area contributed by atoms with E-state index >= 15 is 0 Å². The molecule has 1 fully saturated rings. The Kier molecular flexibility index (Phi) is 2.59. The molecule has 0 atom stereocenters. The maximum absolute atomic E-state index is 11.0. The van der Waals surface area contributed by atoms with Crippen molar-refractivity contribution in [1.29, 1.82) is 0 Å². The predicted octanol–water partition coefficient (Wildman–Crippen LogP) is 2.29. The van der Waals surface area contributed by atoms with Crippen molar-refractivity contribution < 1.29 is 9.90 Å². The molecule has 1 aliphatic rings. The predicted molar refractivity (Wildman–Crippen MR) is 67.8 cm³/mol. The molecule has 1 aliphatic carbocycles. The van der Waals surface area contributed by atoms with Crippen LogP contribution in [0.1, 0.15) is 29.9 Å². The molecule has 0 unspecified atom stereocenters. The average molecular weight is 243 g/mol. The van der Waals surface area contributed by atoms with Crippen LogP contribution < -0.4 is 5.32 Å². The number of nitrogens with one attached hydrogen (secondary N) is 1. The number of anilines is 1. The molecule has 0 spiro atoms. The van der Waals surface area contributed by atoms with E-state index in [2.05, 4.69) is 15.3 Å². The Morgan fingerprint density at radius 2 is 2.06 bits per heavy atom. The van der Waals surface area contributed by atoms with Gasteiger partial charge in [-0.2, -0.15) is 0 Å². The van der Waals surface area contributed by atoms with Gasteiger partial charge < -0.3 is 10.4 Å². The molecule has 1 aromatic heterocycles. The zero-order valence-corrected chi connectivity index (χ0v) is 9.76. The zero-order chi connectivity index (χ0) is 12.5. The van der Waals surface area contributed by atoms with Crippen molar-refractivity contribution in [2.45, 2.75) is 25.3 Å². The fourth-order valence-electron chi connectivity index (χ4n) is 2.03. The van der Waals surface area contributed by atoms with E-state index in [0.29, 0.717) is 17.4 Å². The lowest BCUT2D eigenvalue weighted by molar-refractivity contribution is 0.0684. The molecule has 2 N–H and O–H groups in total. The van der Waals surface area contributed by atoms with Gasteiger partial charge in [-0.25, -0.2) is 14.8 Å². The van der Waals surface area contributed by atoms with E-state index in [0.717, 1.165) is 18.2 Å². The van der Waals surface area contributed by atoms with Gasteiger partial charge in [0, 0.05) is 11.4 Å². The van der Waals surface area contributed by atoms with Crippen molar-refractivity contribution in [3.63, 3.8) is 0 Å². The van der Waals surface area contributed by atoms with Gasteiger partial charge in [0.15, 0.2) is 0 Å². The van der Waals surface area contributed by atoms with E-state index < -0.39 is 5.97 Å². The molecule has 3 rings (SSSR count). The van der Waals surface area contributed by atoms with Gasteiger partial charge in [-0.1, -0.05) is 12.1 Å². The van der Waals surface area contributed by atoms with Crippen LogP contribution in [0, 0.1) is 0 Å². The summed E-state index contributed by atoms with van der Waals surface area (Å²) in [4.78, 5) is 19.1. The second-order valence-electron chi connectivity index (χ2n) is 4.49. The number of carboxylic acids is 1. The van der Waals surface area contributed by atoms with E-state index in [9.17, 15) is 4.79 Å². The molecule has 1 heterocycles. The summed E-state index contributed by atoms with van der Waals surface area (Å²) in [6, 6.07) is 7.86. The minimum absolute atomic E-state index is 0.157. The van der Waals surface area contributed by atoms with Crippen LogP contribution >= 0.6 is 0 Å². The molecular formula is C13H13N3O2. The van der Waals surface area contributed by atoms with Crippen molar-refractivity contribution in [3.8, 4) is 0 Å². The number of hydrogen-bond donors (Lipinski definition) is 2. The summed E-state index contributed by atoms with van der Waals surface area (Å²) in [7, 11) is 0. The van der Waals surface area contributed by atoms with Crippen LogP contribution in [-0.2, 0) is 0 Å². The highest BCUT2D eigenvalue weighted by atomic mass is 16.4. The average Bonchev–Trinajstić information content (AvgIpc) is 2.33. The standard InChI is InChI=1S/C13H13N3O2/c17-13(18)12-15-10-7-2-1-6-9(10)11(16-12)14-8-4-3-5-8/h1-2,6-8H,3-5H2,(H,17,18)(H,14,15,16). The summed E-state index contributed by atoms with van der Waals surface area (Å²) < 4.78 is 0. The van der Waals surface area contributed by atoms with E-state index in [4.69, 9.17) is 5.11 Å². The van der Waals surface area contributed by atoms with Crippen molar-refractivity contribution in [2.75, 3.05) is 5.32 Å². The molecular weight excluding hydrogens is 230 g/mol. The lowest BCUT2D eigenvalue weighted by Crippen LogP contribution is -2.28. The van der Waals surface area contributed by atoms with Gasteiger partial charge in [-0.05, 0) is 31.4 Å². The number of fused-ring (bicyclic) bond motifs is 1. The monoisotopic (exact) mass is 243 g/mol. The van der Waals surface area contributed by atoms with Crippen molar-refractivity contribution in [1.82, 2.24) is 9.97 Å². The topological polar surface area (TPSA) is 75.1 Å². The summed E-state index contributed by atoms with van der Waals surface area (Å²) in [5.41, 5.74) is 0.659. The Morgan fingerprint density at radius 1 is 1.28 bits per heavy atom. The Bertz CT molecular complexity index is 608. The van der Waals surface area contributed by atoms with Gasteiger partial charge in [0.1, 0.15) is 5.82 Å². The first-order valence-electron chi connectivity index (χ1n) is 6.00. The third-order valence-corrected chi connectivity index (χ3v) is 3.24. The molecule has 5 nitrogen and oxygen atoms in total. The summed E-state index contributed by atoms with van der Waals surface area (Å²) in [5, 5.41) is 13.2. The molecule has 92 valence electrons. The number of carbonyl (C=O) groups is 1. The molecule has 18 heavy (non-hydrogen) atoms. The highest BCUT2D eigenvalue weighted by Crippen LogP contribution is 2.26. The number of hydrogen-bond acceptors (Lipinski definition) is 4. The molecule has 2 aromatic rings. The smallest absolute Gasteiger partial charge is 0.374 e. The summed E-state index contributed by atoms with van der Waals surface area (Å²) >= 11 is 0. The Hall–Kier alpha value is -2.17. The van der Waals surface area contributed by atoms with Crippen LogP contribution in [0.2, 0.25) is 0 Å². The third kappa shape index (κ3) is 1.88. The molecule has 0 bridgehead atoms. The summed E-state index contributed by atoms with van der Waals surface area (Å²) in [6.07, 6.45) is 3.44. The van der Waals surface area contributed by atoms with Crippen LogP contribution in [-0.4, -0.2) is 27.1 Å². The lowest BCUT2D eigenvalue weighted by Gasteiger charge is -2.27. The number of nitrogens with zero attached hydrogens (tertiary/aromatic N) is 2. The highest BCUT2D eigenvalue weighted by Gasteiger charge is 2.20. The largest absolute Gasteiger partial charge is 0.475 e. The van der Waals surface area contributed by atoms with E-state index in [1.54, 1.807) is 6.07 Å². The fourth-order valence-corrected chi connectivity index (χ4v) is 2.03. The molecule has 0 radical (unpaired) electrons. The molecule has 1 saturated carbocycles. The van der Waals surface area contributed by atoms with Crippen molar-refractivity contribution in [3.05, 3.63) is 30.1 Å². The summed E-state index contributed by atoms with van der Waals surface area (Å²) in [5.74, 6) is -0.629. The highest BCUT2D eigenvalue weighted by molar-refractivity contribution is 5.93. The van der Waals surface area contributed by atoms with Gasteiger partial charge in [0.2, 0.25) is 5.82 Å². The minimum atomic E-state index is -1.10. The van der Waals surface area contributed by atoms with Crippen LogP contribution in [0.4, 0.5) is 5.82 Å². The number of para-hydroxylation sites is 1. The zero-order valence-electron chi connectivity index (χ0n) is 9.76. The fraction of sp³-hybridized carbons (Fsp3) is 0.308. The molecule has 0 aliphatic heterocycles. The van der Waals surface area contributed by atoms with Crippen LogP contribution in [0.25, 0.3) is 10.9 Å². The number of rotatable bonds is 3. The first-order valence-corrected chi connectivity index (χ1v) is 6.00. The molecule has 0 amide bonds. The SMILES string of the molecule is O=C(O)c1nc(NC2CCC2)c2ccccc2n1. The number of carboxylic acid groups (broad SMARTS) is 1. The molecule has 5 heteroatoms. The van der Waals surface area contributed by atoms with Gasteiger partial charge in [-0.15, -0.1) is 0 Å². The van der Waals surface area contributed by atoms with Crippen molar-refractivity contribution >= 4 is 22.7 Å². The van der Waals surface area contributed by atoms with Gasteiger partial charge >= 0.3 is 5.97 Å². The normalized spacial score (nSPS) is 15.3.